The van der Waals surface area contributed by atoms with Gasteiger partial charge in [-0.2, -0.15) is 11.8 Å². The minimum absolute atomic E-state index is 0.118. The normalized spacial score (nSPS) is 11.6. The molecule has 0 radical (unpaired) electrons. The van der Waals surface area contributed by atoms with Gasteiger partial charge in [0.1, 0.15) is 5.56 Å². The van der Waals surface area contributed by atoms with Gasteiger partial charge in [0.15, 0.2) is 0 Å². The second-order valence-corrected chi connectivity index (χ2v) is 6.89. The smallest absolute Gasteiger partial charge is 0.331 e. The van der Waals surface area contributed by atoms with Gasteiger partial charge in [-0.15, -0.1) is 0 Å². The Labute approximate surface area is 126 Å². The molecule has 0 fully saturated rings. The first-order valence-electron chi connectivity index (χ1n) is 6.52. The van der Waals surface area contributed by atoms with E-state index in [9.17, 15) is 14.7 Å². The summed E-state index contributed by atoms with van der Waals surface area (Å²) >= 11 is 1.58. The minimum Gasteiger partial charge on any atom is -0.494 e. The fourth-order valence-corrected chi connectivity index (χ4v) is 2.28. The molecule has 0 aliphatic rings. The van der Waals surface area contributed by atoms with Crippen molar-refractivity contribution in [3.05, 3.63) is 51.2 Å². The predicted octanol–water partition coefficient (Wildman–Crippen LogP) is 2.05. The first-order chi connectivity index (χ1) is 9.85. The molecular formula is C15H18N2O3S. The van der Waals surface area contributed by atoms with Crippen molar-refractivity contribution in [1.29, 1.82) is 0 Å². The van der Waals surface area contributed by atoms with Crippen molar-refractivity contribution in [2.75, 3.05) is 6.26 Å². The molecule has 21 heavy (non-hydrogen) atoms. The van der Waals surface area contributed by atoms with Crippen LogP contribution < -0.4 is 11.2 Å². The number of rotatable bonds is 4. The van der Waals surface area contributed by atoms with Crippen LogP contribution in [-0.2, 0) is 6.54 Å². The Kier molecular flexibility index (Phi) is 4.27. The van der Waals surface area contributed by atoms with Crippen molar-refractivity contribution in [3.8, 4) is 17.0 Å². The summed E-state index contributed by atoms with van der Waals surface area (Å²) in [7, 11) is 0. The van der Waals surface area contributed by atoms with Crippen molar-refractivity contribution in [2.45, 2.75) is 25.1 Å². The number of aromatic amines is 1. The predicted molar refractivity (Wildman–Crippen MR) is 86.0 cm³/mol. The first-order valence-corrected chi connectivity index (χ1v) is 7.75. The van der Waals surface area contributed by atoms with Crippen LogP contribution in [0.25, 0.3) is 11.1 Å². The zero-order chi connectivity index (χ0) is 15.6. The number of hydrogen-bond acceptors (Lipinski definition) is 4. The summed E-state index contributed by atoms with van der Waals surface area (Å²) in [5.74, 6) is -0.294. The molecular weight excluding hydrogens is 288 g/mol. The fourth-order valence-electron chi connectivity index (χ4n) is 2.02. The molecule has 112 valence electrons. The molecule has 0 amide bonds. The van der Waals surface area contributed by atoms with Gasteiger partial charge in [-0.1, -0.05) is 30.3 Å². The number of benzene rings is 1. The van der Waals surface area contributed by atoms with Gasteiger partial charge < -0.3 is 5.11 Å². The Hall–Kier alpha value is -1.95. The third kappa shape index (κ3) is 3.21. The van der Waals surface area contributed by atoms with Crippen molar-refractivity contribution in [2.24, 2.45) is 0 Å². The summed E-state index contributed by atoms with van der Waals surface area (Å²) in [5, 5.41) is 10.4. The van der Waals surface area contributed by atoms with Crippen LogP contribution in [0.1, 0.15) is 13.8 Å². The van der Waals surface area contributed by atoms with Crippen LogP contribution in [0, 0.1) is 0 Å². The van der Waals surface area contributed by atoms with E-state index in [1.165, 1.54) is 4.57 Å². The molecule has 0 saturated heterocycles. The number of H-pyrrole nitrogens is 1. The molecule has 0 unspecified atom stereocenters. The lowest BCUT2D eigenvalue weighted by Crippen LogP contribution is -2.36. The lowest BCUT2D eigenvalue weighted by Gasteiger charge is -2.23. The highest BCUT2D eigenvalue weighted by atomic mass is 32.2. The van der Waals surface area contributed by atoms with E-state index in [-0.39, 0.29) is 16.2 Å². The number of nitrogens with one attached hydrogen (secondary N) is 1. The summed E-state index contributed by atoms with van der Waals surface area (Å²) in [6.07, 6.45) is 1.94. The third-order valence-corrected chi connectivity index (χ3v) is 4.56. The lowest BCUT2D eigenvalue weighted by atomic mass is 10.1. The fraction of sp³-hybridized carbons (Fsp3) is 0.333. The zero-order valence-electron chi connectivity index (χ0n) is 12.2. The molecule has 0 atom stereocenters. The van der Waals surface area contributed by atoms with E-state index in [0.29, 0.717) is 12.1 Å². The van der Waals surface area contributed by atoms with E-state index in [4.69, 9.17) is 0 Å². The molecule has 1 aromatic carbocycles. The van der Waals surface area contributed by atoms with Crippen molar-refractivity contribution >= 4 is 11.8 Å². The molecule has 2 rings (SSSR count). The monoisotopic (exact) mass is 306 g/mol. The molecule has 1 heterocycles. The second-order valence-electron chi connectivity index (χ2n) is 5.37. The van der Waals surface area contributed by atoms with Crippen LogP contribution in [0.2, 0.25) is 0 Å². The number of nitrogens with zero attached hydrogens (tertiary/aromatic N) is 1. The van der Waals surface area contributed by atoms with Gasteiger partial charge in [0.2, 0.25) is 5.88 Å². The van der Waals surface area contributed by atoms with Gasteiger partial charge in [0.25, 0.3) is 5.56 Å². The highest BCUT2D eigenvalue weighted by Crippen LogP contribution is 2.28. The summed E-state index contributed by atoms with van der Waals surface area (Å²) in [6.45, 7) is 4.24. The summed E-state index contributed by atoms with van der Waals surface area (Å²) in [4.78, 5) is 26.3. The average molecular weight is 306 g/mol. The van der Waals surface area contributed by atoms with Gasteiger partial charge in [-0.25, -0.2) is 4.79 Å². The van der Waals surface area contributed by atoms with Crippen LogP contribution in [0.3, 0.4) is 0 Å². The van der Waals surface area contributed by atoms with E-state index >= 15 is 0 Å². The molecule has 0 aliphatic carbocycles. The van der Waals surface area contributed by atoms with Crippen LogP contribution in [0.15, 0.2) is 39.9 Å². The second kappa shape index (κ2) is 5.81. The Bertz CT molecular complexity index is 748. The van der Waals surface area contributed by atoms with Gasteiger partial charge >= 0.3 is 5.69 Å². The van der Waals surface area contributed by atoms with Crippen LogP contribution >= 0.6 is 11.8 Å². The molecule has 6 heteroatoms. The molecule has 1 aromatic heterocycles. The van der Waals surface area contributed by atoms with Crippen LogP contribution in [-0.4, -0.2) is 25.7 Å². The van der Waals surface area contributed by atoms with Crippen molar-refractivity contribution in [1.82, 2.24) is 9.55 Å². The quantitative estimate of drug-likeness (QED) is 0.906. The summed E-state index contributed by atoms with van der Waals surface area (Å²) < 4.78 is 0.966. The number of hydrogen-bond donors (Lipinski definition) is 2. The maximum atomic E-state index is 12.0. The average Bonchev–Trinajstić information content (AvgIpc) is 2.44. The number of aromatic hydroxyl groups is 1. The molecule has 2 aromatic rings. The molecule has 2 N–H and O–H groups in total. The Morgan fingerprint density at radius 2 is 1.86 bits per heavy atom. The van der Waals surface area contributed by atoms with Crippen molar-refractivity contribution in [3.63, 3.8) is 0 Å². The van der Waals surface area contributed by atoms with Crippen LogP contribution in [0.5, 0.6) is 5.88 Å². The number of aromatic nitrogens is 2. The standard InChI is InChI=1S/C15H18N2O3S/c1-15(2,21-3)9-17-13(19)11(12(18)16-14(17)20)10-7-5-4-6-8-10/h4-8,19H,9H2,1-3H3,(H,16,18,20). The molecule has 0 bridgehead atoms. The van der Waals surface area contributed by atoms with E-state index in [1.54, 1.807) is 36.0 Å². The van der Waals surface area contributed by atoms with Gasteiger partial charge in [-0.3, -0.25) is 14.3 Å². The molecule has 5 nitrogen and oxygen atoms in total. The highest BCUT2D eigenvalue weighted by molar-refractivity contribution is 7.99. The Balaban J connectivity index is 2.65. The Morgan fingerprint density at radius 3 is 2.43 bits per heavy atom. The third-order valence-electron chi connectivity index (χ3n) is 3.33. The summed E-state index contributed by atoms with van der Waals surface area (Å²) in [5.41, 5.74) is -0.486. The SMILES string of the molecule is CSC(C)(C)Cn1c(O)c(-c2ccccc2)c(=O)[nH]c1=O. The van der Waals surface area contributed by atoms with Gasteiger partial charge in [0, 0.05) is 11.3 Å². The molecule has 0 aliphatic heterocycles. The number of thioether (sulfide) groups is 1. The van der Waals surface area contributed by atoms with E-state index in [0.717, 1.165) is 0 Å². The van der Waals surface area contributed by atoms with Crippen molar-refractivity contribution < 1.29 is 5.11 Å². The first kappa shape index (κ1) is 15.4. The maximum Gasteiger partial charge on any atom is 0.331 e. The Morgan fingerprint density at radius 1 is 1.24 bits per heavy atom. The van der Waals surface area contributed by atoms with E-state index < -0.39 is 11.2 Å². The zero-order valence-corrected chi connectivity index (χ0v) is 13.0. The van der Waals surface area contributed by atoms with Crippen LogP contribution in [0.4, 0.5) is 0 Å². The topological polar surface area (TPSA) is 75.1 Å². The van der Waals surface area contributed by atoms with Gasteiger partial charge in [-0.05, 0) is 25.7 Å². The highest BCUT2D eigenvalue weighted by Gasteiger charge is 2.22. The van der Waals surface area contributed by atoms with E-state index in [1.807, 2.05) is 26.2 Å². The van der Waals surface area contributed by atoms with Gasteiger partial charge in [0.05, 0.1) is 0 Å². The largest absolute Gasteiger partial charge is 0.494 e. The summed E-state index contributed by atoms with van der Waals surface area (Å²) in [6, 6.07) is 8.81. The molecule has 0 saturated carbocycles. The maximum absolute atomic E-state index is 12.0. The van der Waals surface area contributed by atoms with E-state index in [2.05, 4.69) is 4.98 Å². The lowest BCUT2D eigenvalue weighted by molar-refractivity contribution is 0.388. The molecule has 0 spiro atoms. The minimum atomic E-state index is -0.598.